The van der Waals surface area contributed by atoms with Crippen LogP contribution in [-0.2, 0) is 23.8 Å². The molecule has 1 aromatic rings. The Morgan fingerprint density at radius 1 is 1.24 bits per heavy atom. The fourth-order valence-corrected chi connectivity index (χ4v) is 3.61. The summed E-state index contributed by atoms with van der Waals surface area (Å²) in [4.78, 5) is 36.2. The molecular weight excluding hydrogens is 376 g/mol. The molecule has 0 saturated carbocycles. The standard InChI is InChI=1S/C22H24O7/c1-12-5-6-17(27-15(4)23)13(2)10-19-20(14(3)21(24)28-19)18(9-12)29-22(25)16-7-8-26-11-16/h5,7-8,10-11,17-20H,3,6,9H2,1-2,4H3. The first kappa shape index (κ1) is 20.6. The van der Waals surface area contributed by atoms with Crippen molar-refractivity contribution in [2.45, 2.75) is 51.9 Å². The van der Waals surface area contributed by atoms with E-state index in [4.69, 9.17) is 18.6 Å². The lowest BCUT2D eigenvalue weighted by Gasteiger charge is -2.28. The summed E-state index contributed by atoms with van der Waals surface area (Å²) in [5.41, 5.74) is 2.23. The third kappa shape index (κ3) is 4.67. The first-order chi connectivity index (χ1) is 13.8. The van der Waals surface area contributed by atoms with Crippen LogP contribution < -0.4 is 0 Å². The largest absolute Gasteiger partial charge is 0.472 e. The van der Waals surface area contributed by atoms with Gasteiger partial charge in [-0.15, -0.1) is 0 Å². The van der Waals surface area contributed by atoms with Gasteiger partial charge in [-0.1, -0.05) is 18.2 Å². The summed E-state index contributed by atoms with van der Waals surface area (Å²) in [6.45, 7) is 8.94. The van der Waals surface area contributed by atoms with E-state index in [9.17, 15) is 14.4 Å². The van der Waals surface area contributed by atoms with Gasteiger partial charge >= 0.3 is 17.9 Å². The zero-order valence-corrected chi connectivity index (χ0v) is 16.7. The molecule has 4 unspecified atom stereocenters. The number of fused-ring (bicyclic) bond motifs is 1. The van der Waals surface area contributed by atoms with Crippen LogP contribution in [0, 0.1) is 5.92 Å². The van der Waals surface area contributed by atoms with E-state index >= 15 is 0 Å². The number of hydrogen-bond acceptors (Lipinski definition) is 7. The van der Waals surface area contributed by atoms with Crippen LogP contribution in [0.3, 0.4) is 0 Å². The number of esters is 3. The Bertz CT molecular complexity index is 875. The summed E-state index contributed by atoms with van der Waals surface area (Å²) in [6, 6.07) is 1.52. The van der Waals surface area contributed by atoms with Crippen molar-refractivity contribution in [2.75, 3.05) is 0 Å². The molecule has 1 aromatic heterocycles. The lowest BCUT2D eigenvalue weighted by Crippen LogP contribution is -2.34. The van der Waals surface area contributed by atoms with Crippen molar-refractivity contribution in [1.82, 2.24) is 0 Å². The van der Waals surface area contributed by atoms with E-state index in [0.29, 0.717) is 12.8 Å². The van der Waals surface area contributed by atoms with Crippen LogP contribution in [0.15, 0.2) is 58.5 Å². The third-order valence-electron chi connectivity index (χ3n) is 5.12. The summed E-state index contributed by atoms with van der Waals surface area (Å²) in [6.07, 6.45) is 5.49. The molecule has 0 aromatic carbocycles. The van der Waals surface area contributed by atoms with Crippen molar-refractivity contribution >= 4 is 17.9 Å². The van der Waals surface area contributed by atoms with Gasteiger partial charge in [0.15, 0.2) is 0 Å². The highest BCUT2D eigenvalue weighted by molar-refractivity contribution is 5.92. The monoisotopic (exact) mass is 400 g/mol. The number of carbonyl (C=O) groups is 3. The molecule has 1 saturated heterocycles. The van der Waals surface area contributed by atoms with E-state index in [2.05, 4.69) is 6.58 Å². The Hall–Kier alpha value is -3.09. The molecule has 0 radical (unpaired) electrons. The number of furan rings is 1. The fourth-order valence-electron chi connectivity index (χ4n) is 3.61. The van der Waals surface area contributed by atoms with Gasteiger partial charge in [0.1, 0.15) is 24.6 Å². The van der Waals surface area contributed by atoms with Gasteiger partial charge in [0.05, 0.1) is 17.7 Å². The van der Waals surface area contributed by atoms with E-state index in [1.807, 2.05) is 19.9 Å². The Morgan fingerprint density at radius 3 is 2.66 bits per heavy atom. The fraction of sp³-hybridized carbons (Fsp3) is 0.409. The zero-order chi connectivity index (χ0) is 21.1. The van der Waals surface area contributed by atoms with Crippen molar-refractivity contribution < 1.29 is 33.0 Å². The minimum Gasteiger partial charge on any atom is -0.472 e. The average molecular weight is 400 g/mol. The van der Waals surface area contributed by atoms with Gasteiger partial charge in [0.2, 0.25) is 0 Å². The van der Waals surface area contributed by atoms with Crippen molar-refractivity contribution in [3.63, 3.8) is 0 Å². The summed E-state index contributed by atoms with van der Waals surface area (Å²) in [7, 11) is 0. The minimum absolute atomic E-state index is 0.251. The Balaban J connectivity index is 1.95. The van der Waals surface area contributed by atoms with Gasteiger partial charge in [0.25, 0.3) is 0 Å². The Kier molecular flexibility index (Phi) is 6.06. The number of carbonyl (C=O) groups excluding carboxylic acids is 3. The molecule has 4 atom stereocenters. The van der Waals surface area contributed by atoms with E-state index in [-0.39, 0.29) is 17.1 Å². The molecule has 7 nitrogen and oxygen atoms in total. The van der Waals surface area contributed by atoms with E-state index < -0.39 is 36.2 Å². The zero-order valence-electron chi connectivity index (χ0n) is 16.7. The van der Waals surface area contributed by atoms with Crippen molar-refractivity contribution in [2.24, 2.45) is 5.92 Å². The molecule has 0 N–H and O–H groups in total. The van der Waals surface area contributed by atoms with Gasteiger partial charge in [-0.3, -0.25) is 4.79 Å². The number of ether oxygens (including phenoxy) is 3. The van der Waals surface area contributed by atoms with Crippen molar-refractivity contribution in [3.05, 3.63) is 59.6 Å². The Labute approximate surface area is 169 Å². The molecule has 1 aliphatic carbocycles. The second-order valence-corrected chi connectivity index (χ2v) is 7.38. The molecule has 0 amide bonds. The molecule has 29 heavy (non-hydrogen) atoms. The normalized spacial score (nSPS) is 27.3. The summed E-state index contributed by atoms with van der Waals surface area (Å²) in [5, 5.41) is 0. The highest BCUT2D eigenvalue weighted by Crippen LogP contribution is 2.36. The number of rotatable bonds is 3. The highest BCUT2D eigenvalue weighted by Gasteiger charge is 2.44. The van der Waals surface area contributed by atoms with E-state index in [1.165, 1.54) is 25.5 Å². The second kappa shape index (κ2) is 8.51. The van der Waals surface area contributed by atoms with Gasteiger partial charge < -0.3 is 18.6 Å². The average Bonchev–Trinajstić information content (AvgIpc) is 3.26. The van der Waals surface area contributed by atoms with Crippen LogP contribution in [0.5, 0.6) is 0 Å². The predicted molar refractivity (Wildman–Crippen MR) is 103 cm³/mol. The van der Waals surface area contributed by atoms with E-state index in [1.54, 1.807) is 6.08 Å². The first-order valence-electron chi connectivity index (χ1n) is 9.40. The third-order valence-corrected chi connectivity index (χ3v) is 5.12. The molecule has 3 rings (SSSR count). The summed E-state index contributed by atoms with van der Waals surface area (Å²) in [5.74, 6) is -2.01. The SMILES string of the molecule is C=C1C(=O)OC2C=C(C)C(OC(C)=O)CC=C(C)CC(OC(=O)c3ccoc3)C12. The maximum Gasteiger partial charge on any atom is 0.341 e. The predicted octanol–water partition coefficient (Wildman–Crippen LogP) is 3.52. The molecule has 1 fully saturated rings. The smallest absolute Gasteiger partial charge is 0.341 e. The molecule has 1 aliphatic heterocycles. The summed E-state index contributed by atoms with van der Waals surface area (Å²) < 4.78 is 21.6. The van der Waals surface area contributed by atoms with Crippen LogP contribution in [0.1, 0.15) is 44.0 Å². The first-order valence-corrected chi connectivity index (χ1v) is 9.40. The van der Waals surface area contributed by atoms with Crippen LogP contribution in [0.4, 0.5) is 0 Å². The van der Waals surface area contributed by atoms with Gasteiger partial charge in [-0.2, -0.15) is 0 Å². The maximum atomic E-state index is 12.5. The molecule has 2 heterocycles. The van der Waals surface area contributed by atoms with Crippen LogP contribution in [-0.4, -0.2) is 36.2 Å². The quantitative estimate of drug-likeness (QED) is 0.332. The van der Waals surface area contributed by atoms with E-state index in [0.717, 1.165) is 11.1 Å². The molecule has 154 valence electrons. The lowest BCUT2D eigenvalue weighted by molar-refractivity contribution is -0.144. The molecule has 2 aliphatic rings. The van der Waals surface area contributed by atoms with Crippen LogP contribution in [0.25, 0.3) is 0 Å². The topological polar surface area (TPSA) is 92.0 Å². The molecule has 0 bridgehead atoms. The van der Waals surface area contributed by atoms with Crippen LogP contribution in [0.2, 0.25) is 0 Å². The van der Waals surface area contributed by atoms with Crippen LogP contribution >= 0.6 is 0 Å². The molecule has 7 heteroatoms. The number of hydrogen-bond donors (Lipinski definition) is 0. The van der Waals surface area contributed by atoms with Gasteiger partial charge in [-0.05, 0) is 31.6 Å². The van der Waals surface area contributed by atoms with Crippen molar-refractivity contribution in [1.29, 1.82) is 0 Å². The second-order valence-electron chi connectivity index (χ2n) is 7.38. The Morgan fingerprint density at radius 2 is 2.00 bits per heavy atom. The van der Waals surface area contributed by atoms with Gasteiger partial charge in [-0.25, -0.2) is 9.59 Å². The highest BCUT2D eigenvalue weighted by atomic mass is 16.6. The van der Waals surface area contributed by atoms with Gasteiger partial charge in [0, 0.05) is 25.3 Å². The lowest BCUT2D eigenvalue weighted by atomic mass is 9.85. The molecule has 0 spiro atoms. The summed E-state index contributed by atoms with van der Waals surface area (Å²) >= 11 is 0. The maximum absolute atomic E-state index is 12.5. The molecular formula is C22H24O7. The minimum atomic E-state index is -0.666. The van der Waals surface area contributed by atoms with Crippen molar-refractivity contribution in [3.8, 4) is 0 Å².